The largest absolute Gasteiger partial charge is 0.494 e. The van der Waals surface area contributed by atoms with Gasteiger partial charge in [0, 0.05) is 5.56 Å². The van der Waals surface area contributed by atoms with Crippen LogP contribution in [0.15, 0.2) is 48.5 Å². The molecule has 0 aromatic heterocycles. The fourth-order valence-electron chi connectivity index (χ4n) is 2.34. The third kappa shape index (κ3) is 4.84. The number of benzene rings is 2. The normalized spacial score (nSPS) is 11.6. The highest BCUT2D eigenvalue weighted by molar-refractivity contribution is 5.94. The van der Waals surface area contributed by atoms with E-state index in [1.807, 2.05) is 26.0 Å². The number of aliphatic carboxylic acids is 1. The molecule has 5 nitrogen and oxygen atoms in total. The van der Waals surface area contributed by atoms with Crippen molar-refractivity contribution in [1.29, 1.82) is 0 Å². The number of hydrogen-bond donors (Lipinski definition) is 2. The minimum atomic E-state index is -0.974. The molecule has 0 saturated carbocycles. The molecule has 0 saturated heterocycles. The predicted octanol–water partition coefficient (Wildman–Crippen LogP) is 3.34. The lowest BCUT2D eigenvalue weighted by atomic mass is 10.0. The van der Waals surface area contributed by atoms with Crippen molar-refractivity contribution >= 4 is 11.9 Å². The number of hydrogen-bond acceptors (Lipinski definition) is 3. The van der Waals surface area contributed by atoms with Crippen LogP contribution in [-0.2, 0) is 4.79 Å². The molecule has 2 rings (SSSR count). The first kappa shape index (κ1) is 17.5. The maximum Gasteiger partial charge on any atom is 0.305 e. The van der Waals surface area contributed by atoms with Gasteiger partial charge in [-0.2, -0.15) is 0 Å². The Morgan fingerprint density at radius 2 is 1.71 bits per heavy atom. The third-order valence-electron chi connectivity index (χ3n) is 3.59. The van der Waals surface area contributed by atoms with E-state index in [0.717, 1.165) is 11.1 Å². The van der Waals surface area contributed by atoms with Crippen LogP contribution in [0.3, 0.4) is 0 Å². The van der Waals surface area contributed by atoms with Crippen LogP contribution in [0.2, 0.25) is 0 Å². The fourth-order valence-corrected chi connectivity index (χ4v) is 2.34. The number of amides is 1. The van der Waals surface area contributed by atoms with Crippen LogP contribution < -0.4 is 10.1 Å². The quantitative estimate of drug-likeness (QED) is 0.818. The van der Waals surface area contributed by atoms with Gasteiger partial charge in [0.15, 0.2) is 0 Å². The molecule has 0 radical (unpaired) electrons. The summed E-state index contributed by atoms with van der Waals surface area (Å²) in [6, 6.07) is 13.6. The van der Waals surface area contributed by atoms with Gasteiger partial charge in [-0.05, 0) is 43.7 Å². The van der Waals surface area contributed by atoms with E-state index in [0.29, 0.717) is 17.9 Å². The average molecular weight is 327 g/mol. The third-order valence-corrected chi connectivity index (χ3v) is 3.59. The highest BCUT2D eigenvalue weighted by Gasteiger charge is 2.19. The summed E-state index contributed by atoms with van der Waals surface area (Å²) in [5, 5.41) is 11.9. The molecular formula is C19H21NO4. The molecule has 5 heteroatoms. The molecule has 2 aromatic rings. The Morgan fingerprint density at radius 1 is 1.08 bits per heavy atom. The van der Waals surface area contributed by atoms with Crippen molar-refractivity contribution in [3.8, 4) is 5.75 Å². The van der Waals surface area contributed by atoms with Crippen molar-refractivity contribution in [2.75, 3.05) is 6.61 Å². The van der Waals surface area contributed by atoms with Crippen LogP contribution in [0.4, 0.5) is 0 Å². The molecule has 0 fully saturated rings. The summed E-state index contributed by atoms with van der Waals surface area (Å²) in [5.41, 5.74) is 2.28. The van der Waals surface area contributed by atoms with E-state index in [9.17, 15) is 9.59 Å². The lowest BCUT2D eigenvalue weighted by molar-refractivity contribution is -0.137. The zero-order valence-corrected chi connectivity index (χ0v) is 13.8. The van der Waals surface area contributed by atoms with Gasteiger partial charge in [0.05, 0.1) is 19.1 Å². The second kappa shape index (κ2) is 8.15. The monoisotopic (exact) mass is 327 g/mol. The molecule has 2 aromatic carbocycles. The molecule has 0 bridgehead atoms. The second-order valence-electron chi connectivity index (χ2n) is 5.49. The van der Waals surface area contributed by atoms with Gasteiger partial charge < -0.3 is 15.2 Å². The van der Waals surface area contributed by atoms with Crippen LogP contribution in [0.5, 0.6) is 5.75 Å². The minimum absolute atomic E-state index is 0.189. The van der Waals surface area contributed by atoms with E-state index < -0.39 is 12.0 Å². The first-order valence-electron chi connectivity index (χ1n) is 7.81. The molecule has 0 unspecified atom stereocenters. The number of aryl methyl sites for hydroxylation is 1. The molecule has 0 aliphatic heterocycles. The van der Waals surface area contributed by atoms with Gasteiger partial charge in [-0.1, -0.05) is 29.8 Å². The molecule has 0 aliphatic rings. The van der Waals surface area contributed by atoms with Crippen LogP contribution in [0, 0.1) is 6.92 Å². The Labute approximate surface area is 141 Å². The Hall–Kier alpha value is -2.82. The standard InChI is InChI=1S/C19H21NO4/c1-3-24-16-10-8-14(9-11-16)17(12-18(21)22)20-19(23)15-6-4-13(2)5-7-15/h4-11,17H,3,12H2,1-2H3,(H,20,23)(H,21,22)/t17-/m1/s1. The smallest absolute Gasteiger partial charge is 0.305 e. The van der Waals surface area contributed by atoms with Gasteiger partial charge in [0.25, 0.3) is 5.91 Å². The van der Waals surface area contributed by atoms with Crippen LogP contribution in [0.1, 0.15) is 40.9 Å². The number of nitrogens with one attached hydrogen (secondary N) is 1. The molecule has 24 heavy (non-hydrogen) atoms. The van der Waals surface area contributed by atoms with Crippen LogP contribution in [0.25, 0.3) is 0 Å². The molecule has 0 spiro atoms. The van der Waals surface area contributed by atoms with Crippen molar-refractivity contribution in [2.45, 2.75) is 26.3 Å². The highest BCUT2D eigenvalue weighted by atomic mass is 16.5. The van der Waals surface area contributed by atoms with E-state index in [1.54, 1.807) is 36.4 Å². The first-order valence-corrected chi connectivity index (χ1v) is 7.81. The number of carbonyl (C=O) groups is 2. The van der Waals surface area contributed by atoms with Crippen molar-refractivity contribution in [1.82, 2.24) is 5.32 Å². The molecule has 1 atom stereocenters. The zero-order chi connectivity index (χ0) is 17.5. The Kier molecular flexibility index (Phi) is 5.95. The van der Waals surface area contributed by atoms with Gasteiger partial charge in [0.1, 0.15) is 5.75 Å². The molecule has 126 valence electrons. The molecular weight excluding hydrogens is 306 g/mol. The average Bonchev–Trinajstić information content (AvgIpc) is 2.55. The Bertz CT molecular complexity index is 692. The molecule has 1 amide bonds. The lowest BCUT2D eigenvalue weighted by Crippen LogP contribution is -2.30. The highest BCUT2D eigenvalue weighted by Crippen LogP contribution is 2.21. The van der Waals surface area contributed by atoms with E-state index in [4.69, 9.17) is 9.84 Å². The Balaban J connectivity index is 2.16. The van der Waals surface area contributed by atoms with Gasteiger partial charge >= 0.3 is 5.97 Å². The van der Waals surface area contributed by atoms with Gasteiger partial charge in [-0.3, -0.25) is 9.59 Å². The van der Waals surface area contributed by atoms with E-state index in [1.165, 1.54) is 0 Å². The van der Waals surface area contributed by atoms with Crippen molar-refractivity contribution in [3.63, 3.8) is 0 Å². The maximum atomic E-state index is 12.4. The van der Waals surface area contributed by atoms with Crippen LogP contribution >= 0.6 is 0 Å². The first-order chi connectivity index (χ1) is 11.5. The summed E-state index contributed by atoms with van der Waals surface area (Å²) in [7, 11) is 0. The van der Waals surface area contributed by atoms with E-state index in [2.05, 4.69) is 5.32 Å². The molecule has 2 N–H and O–H groups in total. The topological polar surface area (TPSA) is 75.6 Å². The number of rotatable bonds is 7. The zero-order valence-electron chi connectivity index (χ0n) is 13.8. The van der Waals surface area contributed by atoms with Crippen LogP contribution in [-0.4, -0.2) is 23.6 Å². The SMILES string of the molecule is CCOc1ccc([C@@H](CC(=O)O)NC(=O)c2ccc(C)cc2)cc1. The maximum absolute atomic E-state index is 12.4. The van der Waals surface area contributed by atoms with Crippen molar-refractivity contribution in [3.05, 3.63) is 65.2 Å². The summed E-state index contributed by atoms with van der Waals surface area (Å²) >= 11 is 0. The number of ether oxygens (including phenoxy) is 1. The summed E-state index contributed by atoms with van der Waals surface area (Å²) < 4.78 is 5.38. The van der Waals surface area contributed by atoms with Gasteiger partial charge in [-0.15, -0.1) is 0 Å². The summed E-state index contributed by atoms with van der Waals surface area (Å²) in [5.74, 6) is -0.562. The van der Waals surface area contributed by atoms with E-state index in [-0.39, 0.29) is 12.3 Å². The summed E-state index contributed by atoms with van der Waals surface area (Å²) in [6.45, 7) is 4.39. The van der Waals surface area contributed by atoms with Crippen molar-refractivity contribution < 1.29 is 19.4 Å². The van der Waals surface area contributed by atoms with E-state index >= 15 is 0 Å². The molecule has 0 aliphatic carbocycles. The minimum Gasteiger partial charge on any atom is -0.494 e. The number of carboxylic acids is 1. The van der Waals surface area contributed by atoms with Gasteiger partial charge in [0.2, 0.25) is 0 Å². The Morgan fingerprint density at radius 3 is 2.25 bits per heavy atom. The summed E-state index contributed by atoms with van der Waals surface area (Å²) in [4.78, 5) is 23.5. The second-order valence-corrected chi connectivity index (χ2v) is 5.49. The predicted molar refractivity (Wildman–Crippen MR) is 91.3 cm³/mol. The van der Waals surface area contributed by atoms with Gasteiger partial charge in [-0.25, -0.2) is 0 Å². The lowest BCUT2D eigenvalue weighted by Gasteiger charge is -2.18. The number of carboxylic acid groups (broad SMARTS) is 1. The fraction of sp³-hybridized carbons (Fsp3) is 0.263. The summed E-state index contributed by atoms with van der Waals surface area (Å²) in [6.07, 6.45) is -0.189. The number of carbonyl (C=O) groups excluding carboxylic acids is 1. The van der Waals surface area contributed by atoms with Crippen molar-refractivity contribution in [2.24, 2.45) is 0 Å². The molecule has 0 heterocycles.